The molecule has 23 heavy (non-hydrogen) atoms. The van der Waals surface area contributed by atoms with Crippen molar-refractivity contribution >= 4 is 16.8 Å². The van der Waals surface area contributed by atoms with Crippen LogP contribution in [-0.2, 0) is 11.3 Å². The maximum absolute atomic E-state index is 12.4. The van der Waals surface area contributed by atoms with Crippen LogP contribution in [0, 0.1) is 17.8 Å². The van der Waals surface area contributed by atoms with Crippen molar-refractivity contribution in [2.24, 2.45) is 17.8 Å². The number of nitrogens with one attached hydrogen (secondary N) is 1. The smallest absolute Gasteiger partial charge is 0.261 e. The largest absolute Gasteiger partial charge is 0.354 e. The average Bonchev–Trinajstić information content (AvgIpc) is 3.19. The molecule has 1 aromatic carbocycles. The zero-order valence-corrected chi connectivity index (χ0v) is 13.1. The Balaban J connectivity index is 1.41. The van der Waals surface area contributed by atoms with Crippen molar-refractivity contribution in [3.8, 4) is 0 Å². The molecule has 2 aromatic rings. The molecule has 1 heterocycles. The van der Waals surface area contributed by atoms with Gasteiger partial charge in [-0.3, -0.25) is 14.2 Å². The Morgan fingerprint density at radius 2 is 2.13 bits per heavy atom. The first-order valence-corrected chi connectivity index (χ1v) is 8.41. The fourth-order valence-electron chi connectivity index (χ4n) is 4.30. The third kappa shape index (κ3) is 2.76. The van der Waals surface area contributed by atoms with Gasteiger partial charge in [0.2, 0.25) is 5.91 Å². The van der Waals surface area contributed by atoms with Crippen molar-refractivity contribution in [2.75, 3.05) is 6.54 Å². The lowest BCUT2D eigenvalue weighted by atomic mass is 9.89. The van der Waals surface area contributed by atoms with Crippen LogP contribution in [0.3, 0.4) is 0 Å². The van der Waals surface area contributed by atoms with Gasteiger partial charge in [0, 0.05) is 6.54 Å². The standard InChI is InChI=1S/C18H21N3O2/c22-17(19-9-14-8-12-5-6-13(14)7-12)10-21-11-20-16-4-2-1-3-15(16)18(21)23/h1-4,11-14H,5-10H2,(H,19,22)/t12-,13-,14+/m0/s1. The summed E-state index contributed by atoms with van der Waals surface area (Å²) in [6.07, 6.45) is 6.74. The number of nitrogens with zero attached hydrogens (tertiary/aromatic N) is 2. The van der Waals surface area contributed by atoms with Crippen LogP contribution < -0.4 is 10.9 Å². The lowest BCUT2D eigenvalue weighted by molar-refractivity contribution is -0.122. The highest BCUT2D eigenvalue weighted by Gasteiger charge is 2.39. The third-order valence-corrected chi connectivity index (χ3v) is 5.49. The van der Waals surface area contributed by atoms with Crippen molar-refractivity contribution < 1.29 is 4.79 Å². The topological polar surface area (TPSA) is 64.0 Å². The van der Waals surface area contributed by atoms with Gasteiger partial charge in [0.1, 0.15) is 6.54 Å². The van der Waals surface area contributed by atoms with Gasteiger partial charge in [-0.05, 0) is 49.1 Å². The van der Waals surface area contributed by atoms with Crippen molar-refractivity contribution in [3.05, 3.63) is 40.9 Å². The van der Waals surface area contributed by atoms with Crippen LogP contribution in [0.25, 0.3) is 10.9 Å². The number of benzene rings is 1. The summed E-state index contributed by atoms with van der Waals surface area (Å²) < 4.78 is 1.39. The number of fused-ring (bicyclic) bond motifs is 3. The van der Waals surface area contributed by atoms with Crippen molar-refractivity contribution in [1.82, 2.24) is 14.9 Å². The summed E-state index contributed by atoms with van der Waals surface area (Å²) in [5.74, 6) is 2.20. The van der Waals surface area contributed by atoms with Gasteiger partial charge in [-0.2, -0.15) is 0 Å². The number of hydrogen-bond donors (Lipinski definition) is 1. The van der Waals surface area contributed by atoms with Gasteiger partial charge < -0.3 is 5.32 Å². The Morgan fingerprint density at radius 3 is 2.91 bits per heavy atom. The molecule has 3 atom stereocenters. The van der Waals surface area contributed by atoms with E-state index in [0.717, 1.165) is 18.4 Å². The summed E-state index contributed by atoms with van der Waals surface area (Å²) in [4.78, 5) is 28.8. The van der Waals surface area contributed by atoms with E-state index in [0.29, 0.717) is 16.8 Å². The van der Waals surface area contributed by atoms with Gasteiger partial charge in [-0.1, -0.05) is 18.6 Å². The van der Waals surface area contributed by atoms with Gasteiger partial charge in [0.05, 0.1) is 17.2 Å². The Labute approximate surface area is 134 Å². The summed E-state index contributed by atoms with van der Waals surface area (Å²) in [6.45, 7) is 0.785. The Bertz CT molecular complexity index is 798. The molecule has 2 aliphatic carbocycles. The second-order valence-electron chi connectivity index (χ2n) is 6.93. The van der Waals surface area contributed by atoms with Crippen LogP contribution in [0.15, 0.2) is 35.4 Å². The van der Waals surface area contributed by atoms with E-state index in [4.69, 9.17) is 0 Å². The first kappa shape index (κ1) is 14.4. The number of amides is 1. The van der Waals surface area contributed by atoms with E-state index in [1.54, 1.807) is 12.1 Å². The molecule has 1 amide bonds. The minimum atomic E-state index is -0.161. The van der Waals surface area contributed by atoms with Crippen molar-refractivity contribution in [1.29, 1.82) is 0 Å². The van der Waals surface area contributed by atoms with Gasteiger partial charge in [-0.25, -0.2) is 4.98 Å². The molecular formula is C18H21N3O2. The molecule has 1 N–H and O–H groups in total. The molecule has 4 rings (SSSR count). The number of para-hydroxylation sites is 1. The fraction of sp³-hybridized carbons (Fsp3) is 0.500. The first-order chi connectivity index (χ1) is 11.2. The van der Waals surface area contributed by atoms with Crippen LogP contribution in [0.2, 0.25) is 0 Å². The zero-order chi connectivity index (χ0) is 15.8. The van der Waals surface area contributed by atoms with Crippen LogP contribution in [0.4, 0.5) is 0 Å². The summed E-state index contributed by atoms with van der Waals surface area (Å²) in [7, 11) is 0. The predicted molar refractivity (Wildman–Crippen MR) is 88.0 cm³/mol. The lowest BCUT2D eigenvalue weighted by Crippen LogP contribution is -2.36. The molecule has 5 heteroatoms. The monoisotopic (exact) mass is 311 g/mol. The molecule has 2 bridgehead atoms. The van der Waals surface area contributed by atoms with Gasteiger partial charge in [-0.15, -0.1) is 0 Å². The van der Waals surface area contributed by atoms with Gasteiger partial charge in [0.25, 0.3) is 5.56 Å². The van der Waals surface area contributed by atoms with Gasteiger partial charge >= 0.3 is 0 Å². The quantitative estimate of drug-likeness (QED) is 0.938. The maximum atomic E-state index is 12.4. The first-order valence-electron chi connectivity index (χ1n) is 8.41. The molecule has 120 valence electrons. The van der Waals surface area contributed by atoms with Crippen LogP contribution in [0.1, 0.15) is 25.7 Å². The van der Waals surface area contributed by atoms with E-state index in [2.05, 4.69) is 10.3 Å². The summed E-state index contributed by atoms with van der Waals surface area (Å²) in [5.41, 5.74) is 0.502. The molecule has 0 saturated heterocycles. The maximum Gasteiger partial charge on any atom is 0.261 e. The number of hydrogen-bond acceptors (Lipinski definition) is 3. The van der Waals surface area contributed by atoms with Crippen LogP contribution >= 0.6 is 0 Å². The molecule has 0 unspecified atom stereocenters. The zero-order valence-electron chi connectivity index (χ0n) is 13.1. The Morgan fingerprint density at radius 1 is 1.26 bits per heavy atom. The van der Waals surface area contributed by atoms with E-state index >= 15 is 0 Å². The molecule has 2 fully saturated rings. The molecule has 1 aromatic heterocycles. The fourth-order valence-corrected chi connectivity index (χ4v) is 4.30. The highest BCUT2D eigenvalue weighted by molar-refractivity contribution is 5.78. The molecule has 2 aliphatic rings. The molecule has 0 radical (unpaired) electrons. The second-order valence-corrected chi connectivity index (χ2v) is 6.93. The summed E-state index contributed by atoms with van der Waals surface area (Å²) in [6, 6.07) is 7.21. The molecule has 2 saturated carbocycles. The Kier molecular flexibility index (Phi) is 3.63. The normalized spacial score (nSPS) is 25.8. The lowest BCUT2D eigenvalue weighted by Gasteiger charge is -2.21. The number of carbonyl (C=O) groups excluding carboxylic acids is 1. The van der Waals surface area contributed by atoms with Crippen molar-refractivity contribution in [3.63, 3.8) is 0 Å². The number of rotatable bonds is 4. The molecular weight excluding hydrogens is 290 g/mol. The average molecular weight is 311 g/mol. The van der Waals surface area contributed by atoms with E-state index < -0.39 is 0 Å². The minimum Gasteiger partial charge on any atom is -0.354 e. The minimum absolute atomic E-state index is 0.0392. The van der Waals surface area contributed by atoms with Gasteiger partial charge in [0.15, 0.2) is 0 Å². The Hall–Kier alpha value is -2.17. The summed E-state index contributed by atoms with van der Waals surface area (Å²) >= 11 is 0. The number of aromatic nitrogens is 2. The van der Waals surface area contributed by atoms with E-state index in [1.807, 2.05) is 12.1 Å². The molecule has 0 spiro atoms. The van der Waals surface area contributed by atoms with Crippen LogP contribution in [0.5, 0.6) is 0 Å². The van der Waals surface area contributed by atoms with E-state index in [1.165, 1.54) is 36.6 Å². The highest BCUT2D eigenvalue weighted by atomic mass is 16.2. The van der Waals surface area contributed by atoms with Crippen molar-refractivity contribution in [2.45, 2.75) is 32.2 Å². The van der Waals surface area contributed by atoms with Crippen LogP contribution in [-0.4, -0.2) is 22.0 Å². The van der Waals surface area contributed by atoms with E-state index in [9.17, 15) is 9.59 Å². The third-order valence-electron chi connectivity index (χ3n) is 5.49. The SMILES string of the molecule is O=C(Cn1cnc2ccccc2c1=O)NC[C@H]1C[C@H]2CC[C@H]1C2. The highest BCUT2D eigenvalue weighted by Crippen LogP contribution is 2.47. The predicted octanol–water partition coefficient (Wildman–Crippen LogP) is 1.95. The second kappa shape index (κ2) is 5.80. The molecule has 0 aliphatic heterocycles. The molecule has 5 nitrogen and oxygen atoms in total. The summed E-state index contributed by atoms with van der Waals surface area (Å²) in [5, 5.41) is 3.56. The van der Waals surface area contributed by atoms with E-state index in [-0.39, 0.29) is 18.0 Å². The number of carbonyl (C=O) groups is 1.